The maximum absolute atomic E-state index is 4.79. The van der Waals surface area contributed by atoms with Gasteiger partial charge in [0.05, 0.1) is 0 Å². The van der Waals surface area contributed by atoms with Crippen LogP contribution in [-0.2, 0) is 6.54 Å². The Morgan fingerprint density at radius 1 is 1.30 bits per heavy atom. The Balaban J connectivity index is 2.96. The van der Waals surface area contributed by atoms with Gasteiger partial charge >= 0.3 is 0 Å². The third-order valence-electron chi connectivity index (χ3n) is 3.83. The van der Waals surface area contributed by atoms with Gasteiger partial charge in [-0.2, -0.15) is 0 Å². The van der Waals surface area contributed by atoms with Gasteiger partial charge in [0.1, 0.15) is 5.82 Å². The molecule has 0 amide bonds. The summed E-state index contributed by atoms with van der Waals surface area (Å²) in [6.07, 6.45) is 2.37. The van der Waals surface area contributed by atoms with E-state index >= 15 is 0 Å². The number of aromatic nitrogens is 1. The number of rotatable bonds is 8. The van der Waals surface area contributed by atoms with E-state index in [1.807, 2.05) is 0 Å². The molecule has 20 heavy (non-hydrogen) atoms. The fourth-order valence-corrected chi connectivity index (χ4v) is 2.45. The van der Waals surface area contributed by atoms with Crippen LogP contribution in [0.5, 0.6) is 0 Å². The summed E-state index contributed by atoms with van der Waals surface area (Å²) in [4.78, 5) is 7.10. The van der Waals surface area contributed by atoms with Gasteiger partial charge in [-0.3, -0.25) is 0 Å². The van der Waals surface area contributed by atoms with Gasteiger partial charge in [0.2, 0.25) is 0 Å². The average molecular weight is 277 g/mol. The van der Waals surface area contributed by atoms with Crippen LogP contribution in [0.2, 0.25) is 0 Å². The number of nitrogens with zero attached hydrogens (tertiary/aromatic N) is 2. The molecule has 1 heterocycles. The Morgan fingerprint density at radius 3 is 2.60 bits per heavy atom. The summed E-state index contributed by atoms with van der Waals surface area (Å²) in [6, 6.07) is 2.18. The van der Waals surface area contributed by atoms with Gasteiger partial charge < -0.3 is 10.2 Å². The summed E-state index contributed by atoms with van der Waals surface area (Å²) in [5.74, 6) is 1.84. The first kappa shape index (κ1) is 17.0. The lowest BCUT2D eigenvalue weighted by atomic mass is 10.1. The minimum absolute atomic E-state index is 0.694. The minimum atomic E-state index is 0.694. The molecule has 3 heteroatoms. The van der Waals surface area contributed by atoms with Crippen LogP contribution < -0.4 is 10.2 Å². The van der Waals surface area contributed by atoms with Gasteiger partial charge in [0, 0.05) is 31.4 Å². The normalized spacial score (nSPS) is 12.5. The molecule has 1 aromatic rings. The van der Waals surface area contributed by atoms with Crippen LogP contribution in [0.1, 0.15) is 50.4 Å². The molecule has 0 aliphatic rings. The van der Waals surface area contributed by atoms with E-state index in [4.69, 9.17) is 4.98 Å². The average Bonchev–Trinajstić information content (AvgIpc) is 2.40. The number of aryl methyl sites for hydroxylation is 2. The van der Waals surface area contributed by atoms with E-state index in [1.165, 1.54) is 17.5 Å². The second-order valence-corrected chi connectivity index (χ2v) is 5.95. The minimum Gasteiger partial charge on any atom is -0.359 e. The zero-order chi connectivity index (χ0) is 15.1. The van der Waals surface area contributed by atoms with Crippen LogP contribution in [-0.4, -0.2) is 25.1 Å². The van der Waals surface area contributed by atoms with E-state index < -0.39 is 0 Å². The van der Waals surface area contributed by atoms with E-state index in [9.17, 15) is 0 Å². The number of nitrogens with one attached hydrogen (secondary N) is 1. The van der Waals surface area contributed by atoms with Crippen molar-refractivity contribution >= 4 is 5.82 Å². The monoisotopic (exact) mass is 277 g/mol. The van der Waals surface area contributed by atoms with Gasteiger partial charge in [-0.05, 0) is 44.4 Å². The summed E-state index contributed by atoms with van der Waals surface area (Å²) >= 11 is 0. The number of anilines is 1. The van der Waals surface area contributed by atoms with Gasteiger partial charge in [0.25, 0.3) is 0 Å². The highest BCUT2D eigenvalue weighted by Crippen LogP contribution is 2.23. The molecule has 3 nitrogen and oxygen atoms in total. The van der Waals surface area contributed by atoms with Gasteiger partial charge in [0.15, 0.2) is 0 Å². The van der Waals surface area contributed by atoms with Crippen molar-refractivity contribution in [3.63, 3.8) is 0 Å². The van der Waals surface area contributed by atoms with Crippen LogP contribution in [0.25, 0.3) is 0 Å². The zero-order valence-electron chi connectivity index (χ0n) is 14.1. The van der Waals surface area contributed by atoms with E-state index in [-0.39, 0.29) is 0 Å². The van der Waals surface area contributed by atoms with E-state index in [0.29, 0.717) is 5.92 Å². The SMILES string of the molecule is CCCNCc1c(C)cc(C)nc1N(C)CC(C)CC. The highest BCUT2D eigenvalue weighted by molar-refractivity contribution is 5.51. The molecule has 0 saturated carbocycles. The standard InChI is InChI=1S/C17H31N3/c1-7-9-18-11-16-14(4)10-15(5)19-17(16)20(6)12-13(3)8-2/h10,13,18H,7-9,11-12H2,1-6H3. The van der Waals surface area contributed by atoms with Gasteiger partial charge in [-0.25, -0.2) is 4.98 Å². The van der Waals surface area contributed by atoms with Gasteiger partial charge in [-0.1, -0.05) is 27.2 Å². The summed E-state index contributed by atoms with van der Waals surface area (Å²) in [7, 11) is 2.16. The number of pyridine rings is 1. The lowest BCUT2D eigenvalue weighted by molar-refractivity contribution is 0.555. The molecule has 114 valence electrons. The summed E-state index contributed by atoms with van der Waals surface area (Å²) in [5, 5.41) is 3.51. The number of hydrogen-bond donors (Lipinski definition) is 1. The second-order valence-electron chi connectivity index (χ2n) is 5.95. The highest BCUT2D eigenvalue weighted by atomic mass is 15.2. The van der Waals surface area contributed by atoms with Crippen molar-refractivity contribution in [1.29, 1.82) is 0 Å². The molecule has 1 unspecified atom stereocenters. The molecule has 1 atom stereocenters. The fraction of sp³-hybridized carbons (Fsp3) is 0.706. The van der Waals surface area contributed by atoms with Crippen molar-refractivity contribution in [1.82, 2.24) is 10.3 Å². The van der Waals surface area contributed by atoms with Crippen LogP contribution in [0.15, 0.2) is 6.07 Å². The Morgan fingerprint density at radius 2 is 2.00 bits per heavy atom. The molecular weight excluding hydrogens is 246 g/mol. The van der Waals surface area contributed by atoms with Crippen molar-refractivity contribution in [2.45, 2.75) is 54.0 Å². The first-order valence-corrected chi connectivity index (χ1v) is 7.88. The Bertz CT molecular complexity index is 415. The van der Waals surface area contributed by atoms with Gasteiger partial charge in [-0.15, -0.1) is 0 Å². The molecule has 1 N–H and O–H groups in total. The molecule has 0 bridgehead atoms. The fourth-order valence-electron chi connectivity index (χ4n) is 2.45. The topological polar surface area (TPSA) is 28.2 Å². The summed E-state index contributed by atoms with van der Waals surface area (Å²) in [6.45, 7) is 14.0. The van der Waals surface area contributed by atoms with Crippen molar-refractivity contribution in [3.05, 3.63) is 22.9 Å². The summed E-state index contributed by atoms with van der Waals surface area (Å²) in [5.41, 5.74) is 3.79. The van der Waals surface area contributed by atoms with Crippen molar-refractivity contribution < 1.29 is 0 Å². The third kappa shape index (κ3) is 4.78. The molecular formula is C17H31N3. The van der Waals surface area contributed by atoms with E-state index in [2.05, 4.69) is 57.9 Å². The van der Waals surface area contributed by atoms with Crippen LogP contribution in [0.3, 0.4) is 0 Å². The second kappa shape index (κ2) is 8.25. The predicted molar refractivity (Wildman–Crippen MR) is 88.4 cm³/mol. The molecule has 0 aliphatic heterocycles. The Kier molecular flexibility index (Phi) is 7.00. The van der Waals surface area contributed by atoms with Crippen molar-refractivity contribution in [2.75, 3.05) is 25.0 Å². The maximum Gasteiger partial charge on any atom is 0.133 e. The number of hydrogen-bond acceptors (Lipinski definition) is 3. The van der Waals surface area contributed by atoms with Crippen LogP contribution >= 0.6 is 0 Å². The molecule has 0 saturated heterocycles. The Hall–Kier alpha value is -1.09. The smallest absolute Gasteiger partial charge is 0.133 e. The molecule has 0 aliphatic carbocycles. The first-order valence-electron chi connectivity index (χ1n) is 7.88. The van der Waals surface area contributed by atoms with E-state index in [0.717, 1.165) is 37.6 Å². The Labute approximate surface area is 124 Å². The quantitative estimate of drug-likeness (QED) is 0.735. The van der Waals surface area contributed by atoms with Crippen LogP contribution in [0.4, 0.5) is 5.82 Å². The lowest BCUT2D eigenvalue weighted by Gasteiger charge is -2.26. The van der Waals surface area contributed by atoms with Crippen molar-refractivity contribution in [3.8, 4) is 0 Å². The molecule has 0 aromatic carbocycles. The molecule has 1 rings (SSSR count). The van der Waals surface area contributed by atoms with E-state index in [1.54, 1.807) is 0 Å². The maximum atomic E-state index is 4.79. The molecule has 0 radical (unpaired) electrons. The molecule has 0 fully saturated rings. The highest BCUT2D eigenvalue weighted by Gasteiger charge is 2.14. The largest absolute Gasteiger partial charge is 0.359 e. The third-order valence-corrected chi connectivity index (χ3v) is 3.83. The van der Waals surface area contributed by atoms with Crippen LogP contribution in [0, 0.1) is 19.8 Å². The first-order chi connectivity index (χ1) is 9.49. The zero-order valence-corrected chi connectivity index (χ0v) is 14.1. The molecule has 0 spiro atoms. The lowest BCUT2D eigenvalue weighted by Crippen LogP contribution is -2.27. The molecule has 1 aromatic heterocycles. The predicted octanol–water partition coefficient (Wildman–Crippen LogP) is 3.68. The van der Waals surface area contributed by atoms with Crippen molar-refractivity contribution in [2.24, 2.45) is 5.92 Å². The summed E-state index contributed by atoms with van der Waals surface area (Å²) < 4.78 is 0.